The molecule has 0 radical (unpaired) electrons. The number of hydrogen-bond donors (Lipinski definition) is 0. The quantitative estimate of drug-likeness (QED) is 0.780. The van der Waals surface area contributed by atoms with Crippen LogP contribution >= 0.6 is 34.8 Å². The van der Waals surface area contributed by atoms with Gasteiger partial charge in [-0.05, 0) is 6.42 Å². The van der Waals surface area contributed by atoms with Crippen LogP contribution in [-0.2, 0) is 10.2 Å². The molecule has 19 heavy (non-hydrogen) atoms. The van der Waals surface area contributed by atoms with Crippen molar-refractivity contribution in [2.45, 2.75) is 30.0 Å². The topological polar surface area (TPSA) is 65.7 Å². The Morgan fingerprint density at radius 2 is 1.95 bits per heavy atom. The van der Waals surface area contributed by atoms with Crippen molar-refractivity contribution >= 4 is 40.8 Å². The van der Waals surface area contributed by atoms with Crippen LogP contribution in [0.5, 0.6) is 0 Å². The van der Waals surface area contributed by atoms with Crippen LogP contribution in [0.2, 0.25) is 0 Å². The minimum Gasteiger partial charge on any atom is -0.343 e. The van der Waals surface area contributed by atoms with Crippen molar-refractivity contribution < 1.29 is 0 Å². The highest BCUT2D eigenvalue weighted by atomic mass is 35.6. The van der Waals surface area contributed by atoms with Crippen LogP contribution in [-0.4, -0.2) is 28.5 Å². The van der Waals surface area contributed by atoms with Crippen LogP contribution in [0.25, 0.3) is 0 Å². The number of nitriles is 1. The molecule has 104 valence electrons. The van der Waals surface area contributed by atoms with Gasteiger partial charge >= 0.3 is 0 Å². The summed E-state index contributed by atoms with van der Waals surface area (Å²) < 4.78 is -1.68. The normalized spacial score (nSPS) is 11.2. The van der Waals surface area contributed by atoms with E-state index < -0.39 is 3.79 Å². The molecule has 0 aliphatic carbocycles. The number of alkyl halides is 3. The van der Waals surface area contributed by atoms with Gasteiger partial charge in [-0.2, -0.15) is 15.2 Å². The number of aromatic nitrogens is 3. The maximum absolute atomic E-state index is 8.59. The van der Waals surface area contributed by atoms with Crippen LogP contribution in [0.1, 0.15) is 31.4 Å². The van der Waals surface area contributed by atoms with Gasteiger partial charge in [0, 0.05) is 20.0 Å². The predicted octanol–water partition coefficient (Wildman–Crippen LogP) is 3.00. The highest BCUT2D eigenvalue weighted by Crippen LogP contribution is 2.36. The standard InChI is InChI=1S/C11H14Cl3N5/c1-3-5-8-16-9(11(12,13)14)18-10(17-8)19(2)7-4-6-15/h3-5,7H2,1-2H3. The van der Waals surface area contributed by atoms with Gasteiger partial charge in [0.25, 0.3) is 0 Å². The molecule has 8 heteroatoms. The Kier molecular flexibility index (Phi) is 6.05. The van der Waals surface area contributed by atoms with Crippen LogP contribution in [0.3, 0.4) is 0 Å². The molecule has 0 N–H and O–H groups in total. The maximum atomic E-state index is 8.59. The van der Waals surface area contributed by atoms with Crippen molar-refractivity contribution in [2.24, 2.45) is 0 Å². The second-order valence-corrected chi connectivity index (χ2v) is 6.23. The monoisotopic (exact) mass is 321 g/mol. The van der Waals surface area contributed by atoms with Crippen molar-refractivity contribution in [1.29, 1.82) is 5.26 Å². The smallest absolute Gasteiger partial charge is 0.250 e. The van der Waals surface area contributed by atoms with Crippen molar-refractivity contribution in [3.05, 3.63) is 11.6 Å². The second-order valence-electron chi connectivity index (χ2n) is 3.95. The van der Waals surface area contributed by atoms with E-state index in [1.807, 2.05) is 6.92 Å². The van der Waals surface area contributed by atoms with E-state index in [0.717, 1.165) is 6.42 Å². The average Bonchev–Trinajstić information content (AvgIpc) is 2.35. The second kappa shape index (κ2) is 7.09. The van der Waals surface area contributed by atoms with Gasteiger partial charge in [0.15, 0.2) is 5.82 Å². The molecular formula is C11H14Cl3N5. The lowest BCUT2D eigenvalue weighted by molar-refractivity contribution is 0.756. The van der Waals surface area contributed by atoms with Crippen molar-refractivity contribution in [1.82, 2.24) is 15.0 Å². The molecule has 0 aliphatic rings. The first-order valence-electron chi connectivity index (χ1n) is 5.78. The molecule has 0 aliphatic heterocycles. The first kappa shape index (κ1) is 16.2. The van der Waals surface area contributed by atoms with Crippen molar-refractivity contribution in [3.8, 4) is 6.07 Å². The molecule has 0 bridgehead atoms. The van der Waals surface area contributed by atoms with Crippen LogP contribution in [0.4, 0.5) is 5.95 Å². The molecule has 1 heterocycles. The molecule has 1 rings (SSSR count). The van der Waals surface area contributed by atoms with Crippen LogP contribution < -0.4 is 4.90 Å². The largest absolute Gasteiger partial charge is 0.343 e. The molecule has 0 spiro atoms. The summed E-state index contributed by atoms with van der Waals surface area (Å²) >= 11 is 17.5. The van der Waals surface area contributed by atoms with Gasteiger partial charge in [-0.1, -0.05) is 41.7 Å². The van der Waals surface area contributed by atoms with E-state index in [2.05, 4.69) is 21.0 Å². The van der Waals surface area contributed by atoms with E-state index in [9.17, 15) is 0 Å². The maximum Gasteiger partial charge on any atom is 0.250 e. The average molecular weight is 323 g/mol. The highest BCUT2D eigenvalue weighted by molar-refractivity contribution is 6.66. The summed E-state index contributed by atoms with van der Waals surface area (Å²) in [6.07, 6.45) is 1.93. The third-order valence-corrected chi connectivity index (χ3v) is 2.80. The molecule has 5 nitrogen and oxygen atoms in total. The minimum absolute atomic E-state index is 0.106. The van der Waals surface area contributed by atoms with Gasteiger partial charge in [-0.3, -0.25) is 0 Å². The fourth-order valence-electron chi connectivity index (χ4n) is 1.36. The molecule has 0 saturated heterocycles. The van der Waals surface area contributed by atoms with Gasteiger partial charge in [0.2, 0.25) is 9.74 Å². The molecule has 0 unspecified atom stereocenters. The van der Waals surface area contributed by atoms with Gasteiger partial charge in [0.05, 0.1) is 12.5 Å². The van der Waals surface area contributed by atoms with Crippen LogP contribution in [0.15, 0.2) is 0 Å². The summed E-state index contributed by atoms with van der Waals surface area (Å²) in [6, 6.07) is 2.06. The molecule has 0 atom stereocenters. The van der Waals surface area contributed by atoms with E-state index >= 15 is 0 Å². The molecular weight excluding hydrogens is 309 g/mol. The number of nitrogens with zero attached hydrogens (tertiary/aromatic N) is 5. The lowest BCUT2D eigenvalue weighted by Crippen LogP contribution is -2.24. The lowest BCUT2D eigenvalue weighted by atomic mass is 10.3. The van der Waals surface area contributed by atoms with E-state index in [0.29, 0.717) is 31.2 Å². The number of anilines is 1. The summed E-state index contributed by atoms with van der Waals surface area (Å²) in [5, 5.41) is 8.59. The predicted molar refractivity (Wildman–Crippen MR) is 76.6 cm³/mol. The number of aryl methyl sites for hydroxylation is 1. The fraction of sp³-hybridized carbons (Fsp3) is 0.636. The molecule has 0 amide bonds. The summed E-state index contributed by atoms with van der Waals surface area (Å²) in [5.74, 6) is 1.10. The number of hydrogen-bond acceptors (Lipinski definition) is 5. The number of rotatable bonds is 5. The molecule has 0 fully saturated rings. The third kappa shape index (κ3) is 4.98. The molecule has 1 aromatic rings. The summed E-state index contributed by atoms with van der Waals surface area (Å²) in [4.78, 5) is 14.3. The minimum atomic E-state index is -1.68. The highest BCUT2D eigenvalue weighted by Gasteiger charge is 2.28. The van der Waals surface area contributed by atoms with Crippen molar-refractivity contribution in [2.75, 3.05) is 18.5 Å². The Labute approximate surface area is 127 Å². The molecule has 0 aromatic carbocycles. The zero-order valence-electron chi connectivity index (χ0n) is 10.7. The van der Waals surface area contributed by atoms with E-state index in [1.54, 1.807) is 11.9 Å². The van der Waals surface area contributed by atoms with Gasteiger partial charge in [-0.15, -0.1) is 0 Å². The Morgan fingerprint density at radius 1 is 1.26 bits per heavy atom. The Balaban J connectivity index is 3.09. The molecule has 0 saturated carbocycles. The Hall–Kier alpha value is -0.830. The van der Waals surface area contributed by atoms with E-state index in [-0.39, 0.29) is 5.82 Å². The summed E-state index contributed by atoms with van der Waals surface area (Å²) in [6.45, 7) is 2.52. The van der Waals surface area contributed by atoms with E-state index in [4.69, 9.17) is 40.1 Å². The third-order valence-electron chi connectivity index (χ3n) is 2.30. The number of halogens is 3. The Bertz CT molecular complexity index is 466. The van der Waals surface area contributed by atoms with Crippen molar-refractivity contribution in [3.63, 3.8) is 0 Å². The Morgan fingerprint density at radius 3 is 2.47 bits per heavy atom. The van der Waals surface area contributed by atoms with Gasteiger partial charge in [0.1, 0.15) is 5.82 Å². The first-order chi connectivity index (χ1) is 8.88. The summed E-state index contributed by atoms with van der Waals surface area (Å²) in [7, 11) is 1.78. The lowest BCUT2D eigenvalue weighted by Gasteiger charge is -2.18. The SMILES string of the molecule is CCCc1nc(N(C)CCC#N)nc(C(Cl)(Cl)Cl)n1. The van der Waals surface area contributed by atoms with Gasteiger partial charge in [-0.25, -0.2) is 4.98 Å². The van der Waals surface area contributed by atoms with E-state index in [1.165, 1.54) is 0 Å². The van der Waals surface area contributed by atoms with Gasteiger partial charge < -0.3 is 4.90 Å². The van der Waals surface area contributed by atoms with Crippen LogP contribution in [0, 0.1) is 11.3 Å². The first-order valence-corrected chi connectivity index (χ1v) is 6.92. The zero-order chi connectivity index (χ0) is 14.5. The molecule has 1 aromatic heterocycles. The zero-order valence-corrected chi connectivity index (χ0v) is 13.0. The fourth-order valence-corrected chi connectivity index (χ4v) is 1.61. The summed E-state index contributed by atoms with van der Waals surface area (Å²) in [5.41, 5.74) is 0.